The number of fused-ring (bicyclic) bond motifs is 1. The molecule has 0 saturated carbocycles. The predicted molar refractivity (Wildman–Crippen MR) is 128 cm³/mol. The lowest BCUT2D eigenvalue weighted by molar-refractivity contribution is 0.320. The molecule has 176 valence electrons. The van der Waals surface area contributed by atoms with Crippen molar-refractivity contribution < 1.29 is 13.8 Å². The minimum atomic E-state index is 0.262. The summed E-state index contributed by atoms with van der Waals surface area (Å²) in [6.07, 6.45) is 3.36. The molecule has 0 unspecified atom stereocenters. The molecule has 3 aromatic heterocycles. The van der Waals surface area contributed by atoms with Crippen molar-refractivity contribution in [3.8, 4) is 5.88 Å². The van der Waals surface area contributed by atoms with Crippen LogP contribution >= 0.6 is 0 Å². The third-order valence-electron chi connectivity index (χ3n) is 6.18. The van der Waals surface area contributed by atoms with E-state index in [4.69, 9.17) is 13.8 Å². The average molecular weight is 461 g/mol. The minimum absolute atomic E-state index is 0.262. The van der Waals surface area contributed by atoms with Crippen LogP contribution < -0.4 is 9.74 Å². The summed E-state index contributed by atoms with van der Waals surface area (Å²) in [4.78, 5) is 21.3. The number of furan rings is 1. The summed E-state index contributed by atoms with van der Waals surface area (Å²) in [5.41, 5.74) is 2.30. The normalized spacial score (nSPS) is 15.4. The van der Waals surface area contributed by atoms with E-state index in [0.29, 0.717) is 17.4 Å². The van der Waals surface area contributed by atoms with E-state index in [2.05, 4.69) is 44.0 Å². The maximum Gasteiger partial charge on any atom is 0.256 e. The smallest absolute Gasteiger partial charge is 0.256 e. The fourth-order valence-corrected chi connectivity index (χ4v) is 4.14. The second kappa shape index (κ2) is 9.24. The Balaban J connectivity index is 1.26. The zero-order valence-electron chi connectivity index (χ0n) is 19.9. The van der Waals surface area contributed by atoms with Crippen LogP contribution in [0.5, 0.6) is 5.88 Å². The van der Waals surface area contributed by atoms with Crippen molar-refractivity contribution >= 4 is 22.5 Å². The molecule has 5 rings (SSSR count). The van der Waals surface area contributed by atoms with Crippen LogP contribution in [0, 0.1) is 6.92 Å². The van der Waals surface area contributed by atoms with E-state index < -0.39 is 0 Å². The maximum absolute atomic E-state index is 5.86. The number of oxime groups is 1. The lowest BCUT2D eigenvalue weighted by Crippen LogP contribution is -2.34. The molecule has 1 aliphatic rings. The van der Waals surface area contributed by atoms with Crippen molar-refractivity contribution in [2.75, 3.05) is 18.0 Å². The number of nitrogens with zero attached hydrogens (tertiary/aromatic N) is 6. The summed E-state index contributed by atoms with van der Waals surface area (Å²) in [6.45, 7) is 9.61. The third-order valence-corrected chi connectivity index (χ3v) is 6.18. The second-order valence-electron chi connectivity index (χ2n) is 8.95. The number of hydrogen-bond acceptors (Lipinski definition) is 9. The van der Waals surface area contributed by atoms with E-state index in [1.165, 1.54) is 6.33 Å². The largest absolute Gasteiger partial charge is 0.455 e. The zero-order chi connectivity index (χ0) is 23.7. The van der Waals surface area contributed by atoms with Gasteiger partial charge in [0.05, 0.1) is 5.56 Å². The Morgan fingerprint density at radius 1 is 1.18 bits per heavy atom. The van der Waals surface area contributed by atoms with Crippen LogP contribution in [-0.4, -0.2) is 38.9 Å². The van der Waals surface area contributed by atoms with E-state index in [9.17, 15) is 0 Å². The van der Waals surface area contributed by atoms with E-state index in [0.717, 1.165) is 60.0 Å². The van der Waals surface area contributed by atoms with E-state index >= 15 is 0 Å². The monoisotopic (exact) mass is 460 g/mol. The molecule has 0 aliphatic carbocycles. The van der Waals surface area contributed by atoms with Crippen molar-refractivity contribution in [3.05, 3.63) is 59.7 Å². The fourth-order valence-electron chi connectivity index (χ4n) is 4.14. The SMILES string of the molecule is CC(=NOc1ncnc(N2CCC(c3nc(C(C)C)no3)CC2)c1C)c1cc2ccccc2o1. The number of aromatic nitrogens is 4. The highest BCUT2D eigenvalue weighted by atomic mass is 16.6. The molecule has 0 spiro atoms. The van der Waals surface area contributed by atoms with Gasteiger partial charge in [-0.15, -0.1) is 0 Å². The van der Waals surface area contributed by atoms with Gasteiger partial charge in [-0.1, -0.05) is 42.4 Å². The average Bonchev–Trinajstić information content (AvgIpc) is 3.51. The molecule has 0 radical (unpaired) electrons. The van der Waals surface area contributed by atoms with Gasteiger partial charge in [0.15, 0.2) is 11.6 Å². The Morgan fingerprint density at radius 2 is 1.97 bits per heavy atom. The van der Waals surface area contributed by atoms with Crippen LogP contribution in [-0.2, 0) is 0 Å². The molecule has 0 bridgehead atoms. The molecule has 9 nitrogen and oxygen atoms in total. The highest BCUT2D eigenvalue weighted by Gasteiger charge is 2.27. The topological polar surface area (TPSA) is 103 Å². The van der Waals surface area contributed by atoms with Crippen LogP contribution in [0.25, 0.3) is 11.0 Å². The molecular weight excluding hydrogens is 432 g/mol. The first kappa shape index (κ1) is 22.1. The summed E-state index contributed by atoms with van der Waals surface area (Å²) in [7, 11) is 0. The lowest BCUT2D eigenvalue weighted by Gasteiger charge is -2.32. The fraction of sp³-hybridized carbons (Fsp3) is 0.400. The molecular formula is C25H28N6O3. The van der Waals surface area contributed by atoms with Gasteiger partial charge in [0, 0.05) is 30.3 Å². The number of piperidine rings is 1. The molecule has 0 amide bonds. The summed E-state index contributed by atoms with van der Waals surface area (Å²) >= 11 is 0. The summed E-state index contributed by atoms with van der Waals surface area (Å²) in [5.74, 6) is 3.99. The van der Waals surface area contributed by atoms with Gasteiger partial charge in [-0.05, 0) is 38.8 Å². The number of anilines is 1. The van der Waals surface area contributed by atoms with Gasteiger partial charge in [-0.25, -0.2) is 4.98 Å². The van der Waals surface area contributed by atoms with E-state index in [1.54, 1.807) is 0 Å². The van der Waals surface area contributed by atoms with Crippen molar-refractivity contribution in [2.45, 2.75) is 52.4 Å². The Kier molecular flexibility index (Phi) is 6.00. The molecule has 4 heterocycles. The standard InChI is InChI=1S/C25H28N6O3/c1-15(2)22-28-25(34-30-22)18-9-11-31(12-10-18)23-16(3)24(27-14-26-23)33-29-17(4)21-13-19-7-5-6-8-20(19)32-21/h5-8,13-15,18H,9-12H2,1-4H3. The van der Waals surface area contributed by atoms with Gasteiger partial charge in [0.1, 0.15) is 23.4 Å². The number of hydrogen-bond donors (Lipinski definition) is 0. The van der Waals surface area contributed by atoms with Crippen LogP contribution in [0.1, 0.15) is 68.5 Å². The highest BCUT2D eigenvalue weighted by Crippen LogP contribution is 2.32. The van der Waals surface area contributed by atoms with Crippen LogP contribution in [0.15, 0.2) is 50.8 Å². The quantitative estimate of drug-likeness (QED) is 0.285. The Hall–Kier alpha value is -3.75. The lowest BCUT2D eigenvalue weighted by atomic mass is 9.96. The van der Waals surface area contributed by atoms with Crippen molar-refractivity contribution in [1.82, 2.24) is 20.1 Å². The van der Waals surface area contributed by atoms with Gasteiger partial charge in [-0.2, -0.15) is 9.97 Å². The molecule has 9 heteroatoms. The van der Waals surface area contributed by atoms with Crippen LogP contribution in [0.4, 0.5) is 5.82 Å². The van der Waals surface area contributed by atoms with Crippen LogP contribution in [0.3, 0.4) is 0 Å². The Bertz CT molecular complexity index is 1280. The van der Waals surface area contributed by atoms with Crippen molar-refractivity contribution in [2.24, 2.45) is 5.16 Å². The van der Waals surface area contributed by atoms with Gasteiger partial charge >= 0.3 is 0 Å². The minimum Gasteiger partial charge on any atom is -0.455 e. The zero-order valence-corrected chi connectivity index (χ0v) is 19.9. The molecule has 1 saturated heterocycles. The van der Waals surface area contributed by atoms with Gasteiger partial charge in [-0.3, -0.25) is 0 Å². The van der Waals surface area contributed by atoms with Crippen LogP contribution in [0.2, 0.25) is 0 Å². The van der Waals surface area contributed by atoms with E-state index in [1.807, 2.05) is 44.2 Å². The first-order valence-electron chi connectivity index (χ1n) is 11.6. The molecule has 0 N–H and O–H groups in total. The Labute approximate surface area is 197 Å². The molecule has 34 heavy (non-hydrogen) atoms. The van der Waals surface area contributed by atoms with Crippen molar-refractivity contribution in [1.29, 1.82) is 0 Å². The van der Waals surface area contributed by atoms with Gasteiger partial charge in [0.25, 0.3) is 5.88 Å². The first-order valence-corrected chi connectivity index (χ1v) is 11.6. The van der Waals surface area contributed by atoms with Gasteiger partial charge < -0.3 is 18.7 Å². The molecule has 0 atom stereocenters. The maximum atomic E-state index is 5.86. The number of benzene rings is 1. The Morgan fingerprint density at radius 3 is 2.71 bits per heavy atom. The molecule has 1 aliphatic heterocycles. The number of rotatable bonds is 6. The predicted octanol–water partition coefficient (Wildman–Crippen LogP) is 5.22. The summed E-state index contributed by atoms with van der Waals surface area (Å²) < 4.78 is 11.4. The second-order valence-corrected chi connectivity index (χ2v) is 8.95. The van der Waals surface area contributed by atoms with E-state index in [-0.39, 0.29) is 11.8 Å². The van der Waals surface area contributed by atoms with Gasteiger partial charge in [0.2, 0.25) is 5.89 Å². The summed E-state index contributed by atoms with van der Waals surface area (Å²) in [5, 5.41) is 9.39. The van der Waals surface area contributed by atoms with Crippen molar-refractivity contribution in [3.63, 3.8) is 0 Å². The number of para-hydroxylation sites is 1. The highest BCUT2D eigenvalue weighted by molar-refractivity contribution is 5.99. The molecule has 1 aromatic carbocycles. The first-order chi connectivity index (χ1) is 16.5. The third kappa shape index (κ3) is 4.37. The molecule has 4 aromatic rings. The molecule has 1 fully saturated rings. The summed E-state index contributed by atoms with van der Waals surface area (Å²) in [6, 6.07) is 9.80.